The van der Waals surface area contributed by atoms with Crippen LogP contribution in [0.2, 0.25) is 0 Å². The summed E-state index contributed by atoms with van der Waals surface area (Å²) in [5, 5.41) is 0. The molecule has 2 nitrogen and oxygen atoms in total. The van der Waals surface area contributed by atoms with Crippen LogP contribution in [0.1, 0.15) is 33.1 Å². The van der Waals surface area contributed by atoms with Gasteiger partial charge in [-0.05, 0) is 19.4 Å². The molecule has 0 aromatic rings. The molecule has 0 unspecified atom stereocenters. The fraction of sp³-hybridized carbons (Fsp3) is 0.571. The predicted molar refractivity (Wildman–Crippen MR) is 69.4 cm³/mol. The van der Waals surface area contributed by atoms with Crippen LogP contribution in [0.25, 0.3) is 0 Å². The van der Waals surface area contributed by atoms with Crippen LogP contribution in [-0.4, -0.2) is 19.8 Å². The zero-order valence-electron chi connectivity index (χ0n) is 10.6. The molecular formula is C14H24O2. The molecular weight excluding hydrogens is 200 g/mol. The van der Waals surface area contributed by atoms with Crippen molar-refractivity contribution in [1.82, 2.24) is 0 Å². The van der Waals surface area contributed by atoms with Gasteiger partial charge in [0.15, 0.2) is 0 Å². The molecule has 0 atom stereocenters. The highest BCUT2D eigenvalue weighted by atomic mass is 16.5. The molecule has 0 bridgehead atoms. The summed E-state index contributed by atoms with van der Waals surface area (Å²) in [5.41, 5.74) is 0. The Bertz CT molecular complexity index is 217. The zero-order chi connectivity index (χ0) is 12.1. The Morgan fingerprint density at radius 1 is 1.19 bits per heavy atom. The van der Waals surface area contributed by atoms with E-state index in [-0.39, 0.29) is 0 Å². The molecule has 0 aliphatic heterocycles. The molecule has 0 saturated carbocycles. The van der Waals surface area contributed by atoms with Gasteiger partial charge in [0.05, 0.1) is 12.4 Å². The first-order valence-corrected chi connectivity index (χ1v) is 6.02. The van der Waals surface area contributed by atoms with Crippen LogP contribution >= 0.6 is 0 Å². The van der Waals surface area contributed by atoms with E-state index in [9.17, 15) is 0 Å². The van der Waals surface area contributed by atoms with Crippen LogP contribution in [0.3, 0.4) is 0 Å². The molecule has 0 N–H and O–H groups in total. The topological polar surface area (TPSA) is 18.5 Å². The molecule has 92 valence electrons. The number of ether oxygens (including phenoxy) is 2. The summed E-state index contributed by atoms with van der Waals surface area (Å²) in [6.07, 6.45) is 10.8. The summed E-state index contributed by atoms with van der Waals surface area (Å²) in [7, 11) is 0. The Kier molecular flexibility index (Phi) is 11.3. The van der Waals surface area contributed by atoms with Crippen molar-refractivity contribution in [3.63, 3.8) is 0 Å². The number of allylic oxidation sites excluding steroid dienone is 4. The van der Waals surface area contributed by atoms with E-state index in [0.717, 1.165) is 38.2 Å². The van der Waals surface area contributed by atoms with Gasteiger partial charge in [-0.25, -0.2) is 0 Å². The molecule has 0 spiro atoms. The number of rotatable bonds is 10. The lowest BCUT2D eigenvalue weighted by molar-refractivity contribution is 0.114. The van der Waals surface area contributed by atoms with Crippen molar-refractivity contribution in [2.45, 2.75) is 33.1 Å². The van der Waals surface area contributed by atoms with E-state index in [1.54, 1.807) is 6.08 Å². The Hall–Kier alpha value is -1.02. The van der Waals surface area contributed by atoms with Crippen LogP contribution in [-0.2, 0) is 9.47 Å². The average Bonchev–Trinajstić information content (AvgIpc) is 2.29. The van der Waals surface area contributed by atoms with Crippen molar-refractivity contribution < 1.29 is 9.47 Å². The first-order chi connectivity index (χ1) is 7.85. The lowest BCUT2D eigenvalue weighted by atomic mass is 10.3. The van der Waals surface area contributed by atoms with Gasteiger partial charge in [-0.3, -0.25) is 0 Å². The second-order valence-corrected chi connectivity index (χ2v) is 3.35. The summed E-state index contributed by atoms with van der Waals surface area (Å²) in [5.74, 6) is 0.969. The van der Waals surface area contributed by atoms with Crippen molar-refractivity contribution in [2.24, 2.45) is 0 Å². The summed E-state index contributed by atoms with van der Waals surface area (Å²) in [4.78, 5) is 0. The molecule has 0 amide bonds. The monoisotopic (exact) mass is 224 g/mol. The van der Waals surface area contributed by atoms with Gasteiger partial charge in [0.2, 0.25) is 0 Å². The number of hydrogen-bond acceptors (Lipinski definition) is 2. The van der Waals surface area contributed by atoms with Gasteiger partial charge >= 0.3 is 0 Å². The SMILES string of the molecule is C=C/C=C(\CC=CCC)OCCCOCC. The Balaban J connectivity index is 3.73. The largest absolute Gasteiger partial charge is 0.498 e. The average molecular weight is 224 g/mol. The second-order valence-electron chi connectivity index (χ2n) is 3.35. The van der Waals surface area contributed by atoms with Gasteiger partial charge in [0, 0.05) is 26.1 Å². The third-order valence-corrected chi connectivity index (χ3v) is 1.95. The maximum Gasteiger partial charge on any atom is 0.0997 e. The van der Waals surface area contributed by atoms with Crippen molar-refractivity contribution in [3.05, 3.63) is 36.6 Å². The Morgan fingerprint density at radius 2 is 2.00 bits per heavy atom. The fourth-order valence-electron chi connectivity index (χ4n) is 1.18. The zero-order valence-corrected chi connectivity index (χ0v) is 10.6. The molecule has 0 aliphatic rings. The van der Waals surface area contributed by atoms with Crippen molar-refractivity contribution >= 4 is 0 Å². The Morgan fingerprint density at radius 3 is 2.62 bits per heavy atom. The molecule has 0 aromatic heterocycles. The van der Waals surface area contributed by atoms with Gasteiger partial charge in [-0.1, -0.05) is 31.7 Å². The summed E-state index contributed by atoms with van der Waals surface area (Å²) in [6.45, 7) is 10.0. The van der Waals surface area contributed by atoms with Gasteiger partial charge in [0.25, 0.3) is 0 Å². The molecule has 2 heteroatoms. The summed E-state index contributed by atoms with van der Waals surface area (Å²) < 4.78 is 10.9. The van der Waals surface area contributed by atoms with Crippen molar-refractivity contribution in [3.8, 4) is 0 Å². The molecule has 0 fully saturated rings. The minimum atomic E-state index is 0.708. The van der Waals surface area contributed by atoms with E-state index in [1.165, 1.54) is 0 Å². The van der Waals surface area contributed by atoms with Gasteiger partial charge in [0.1, 0.15) is 0 Å². The van der Waals surface area contributed by atoms with E-state index < -0.39 is 0 Å². The smallest absolute Gasteiger partial charge is 0.0997 e. The minimum Gasteiger partial charge on any atom is -0.498 e. The predicted octanol–water partition coefficient (Wildman–Crippen LogP) is 3.86. The lowest BCUT2D eigenvalue weighted by Gasteiger charge is -2.08. The fourth-order valence-corrected chi connectivity index (χ4v) is 1.18. The van der Waals surface area contributed by atoms with Gasteiger partial charge in [-0.15, -0.1) is 0 Å². The molecule has 0 aliphatic carbocycles. The van der Waals surface area contributed by atoms with E-state index in [1.807, 2.05) is 13.0 Å². The molecule has 0 rings (SSSR count). The van der Waals surface area contributed by atoms with Crippen LogP contribution in [0.4, 0.5) is 0 Å². The lowest BCUT2D eigenvalue weighted by Crippen LogP contribution is -2.00. The maximum absolute atomic E-state index is 5.63. The standard InChI is InChI=1S/C14H24O2/c1-4-7-8-11-14(10-5-2)16-13-9-12-15-6-3/h5,7-8,10H,2,4,6,9,11-13H2,1,3H3/b8-7?,14-10+. The van der Waals surface area contributed by atoms with Gasteiger partial charge < -0.3 is 9.47 Å². The quantitative estimate of drug-likeness (QED) is 0.243. The van der Waals surface area contributed by atoms with Crippen molar-refractivity contribution in [1.29, 1.82) is 0 Å². The van der Waals surface area contributed by atoms with E-state index in [2.05, 4.69) is 25.7 Å². The van der Waals surface area contributed by atoms with Crippen LogP contribution in [0.5, 0.6) is 0 Å². The highest BCUT2D eigenvalue weighted by molar-refractivity contribution is 5.08. The highest BCUT2D eigenvalue weighted by Crippen LogP contribution is 2.06. The summed E-state index contributed by atoms with van der Waals surface area (Å²) >= 11 is 0. The van der Waals surface area contributed by atoms with Crippen LogP contribution in [0, 0.1) is 0 Å². The third kappa shape index (κ3) is 9.53. The highest BCUT2D eigenvalue weighted by Gasteiger charge is 1.95. The molecule has 0 aromatic carbocycles. The van der Waals surface area contributed by atoms with E-state index in [0.29, 0.717) is 6.61 Å². The molecule has 0 saturated heterocycles. The van der Waals surface area contributed by atoms with E-state index in [4.69, 9.17) is 9.47 Å². The van der Waals surface area contributed by atoms with Gasteiger partial charge in [-0.2, -0.15) is 0 Å². The molecule has 16 heavy (non-hydrogen) atoms. The van der Waals surface area contributed by atoms with E-state index >= 15 is 0 Å². The Labute approximate surface area is 99.6 Å². The van der Waals surface area contributed by atoms with Crippen LogP contribution < -0.4 is 0 Å². The molecule has 0 heterocycles. The van der Waals surface area contributed by atoms with Crippen LogP contribution in [0.15, 0.2) is 36.6 Å². The third-order valence-electron chi connectivity index (χ3n) is 1.95. The second kappa shape index (κ2) is 12.1. The first-order valence-electron chi connectivity index (χ1n) is 6.02. The first kappa shape index (κ1) is 15.0. The minimum absolute atomic E-state index is 0.708. The number of hydrogen-bond donors (Lipinski definition) is 0. The maximum atomic E-state index is 5.63. The summed E-state index contributed by atoms with van der Waals surface area (Å²) in [6, 6.07) is 0. The normalized spacial score (nSPS) is 12.0. The molecule has 0 radical (unpaired) electrons. The van der Waals surface area contributed by atoms with Crippen molar-refractivity contribution in [2.75, 3.05) is 19.8 Å².